The smallest absolute Gasteiger partial charge is 0.418 e. The topological polar surface area (TPSA) is 8.81 Å². The van der Waals surface area contributed by atoms with E-state index in [0.717, 1.165) is 11.4 Å². The first kappa shape index (κ1) is 16.7. The molecule has 0 aliphatic heterocycles. The maximum atomic E-state index is 12.9. The van der Waals surface area contributed by atoms with Gasteiger partial charge in [0.05, 0.1) is 0 Å². The lowest BCUT2D eigenvalue weighted by Crippen LogP contribution is -2.27. The number of imidazole rings is 1. The molecule has 23 heavy (non-hydrogen) atoms. The van der Waals surface area contributed by atoms with Gasteiger partial charge in [-0.1, -0.05) is 18.2 Å². The van der Waals surface area contributed by atoms with Gasteiger partial charge in [0, 0.05) is 0 Å². The molecule has 2 aromatic carbocycles. The Kier molecular flexibility index (Phi) is 5.15. The van der Waals surface area contributed by atoms with Gasteiger partial charge in [0.25, 0.3) is 6.33 Å². The highest BCUT2D eigenvalue weighted by molar-refractivity contribution is 6.50. The van der Waals surface area contributed by atoms with Crippen LogP contribution in [0.5, 0.6) is 0 Å². The van der Waals surface area contributed by atoms with E-state index in [9.17, 15) is 21.7 Å². The van der Waals surface area contributed by atoms with Crippen LogP contribution in [-0.4, -0.2) is 11.8 Å². The summed E-state index contributed by atoms with van der Waals surface area (Å²) in [5.41, 5.74) is 2.03. The molecule has 0 saturated heterocycles. The molecule has 0 unspecified atom stereocenters. The largest absolute Gasteiger partial charge is 0.673 e. The van der Waals surface area contributed by atoms with Crippen molar-refractivity contribution in [2.75, 3.05) is 0 Å². The highest BCUT2D eigenvalue weighted by Crippen LogP contribution is 2.07. The number of nitrogens with zero attached hydrogens (tertiary/aromatic N) is 2. The highest BCUT2D eigenvalue weighted by Gasteiger charge is 2.20. The Morgan fingerprint density at radius 2 is 1.39 bits per heavy atom. The molecule has 0 radical (unpaired) electrons. The van der Waals surface area contributed by atoms with E-state index in [4.69, 9.17) is 0 Å². The summed E-state index contributed by atoms with van der Waals surface area (Å²) in [7, 11) is -6.00. The van der Waals surface area contributed by atoms with Crippen molar-refractivity contribution in [1.29, 1.82) is 0 Å². The average molecular weight is 326 g/mol. The van der Waals surface area contributed by atoms with Crippen molar-refractivity contribution in [3.05, 3.63) is 79.1 Å². The first-order valence-corrected chi connectivity index (χ1v) is 6.61. The van der Waals surface area contributed by atoms with E-state index in [-0.39, 0.29) is 5.82 Å². The van der Waals surface area contributed by atoms with Gasteiger partial charge in [0.15, 0.2) is 0 Å². The van der Waals surface area contributed by atoms with E-state index in [1.54, 1.807) is 12.1 Å². The molecule has 2 nitrogen and oxygen atoms in total. The number of para-hydroxylation sites is 1. The molecule has 0 atom stereocenters. The third-order valence-corrected chi connectivity index (χ3v) is 2.82. The molecule has 0 N–H and O–H groups in total. The molecule has 0 fully saturated rings. The van der Waals surface area contributed by atoms with Crippen LogP contribution in [0, 0.1) is 5.82 Å². The molecule has 120 valence electrons. The Hall–Kier alpha value is -2.64. The van der Waals surface area contributed by atoms with Crippen LogP contribution in [0.15, 0.2) is 73.3 Å². The van der Waals surface area contributed by atoms with E-state index in [1.807, 2.05) is 58.2 Å². The molecule has 3 rings (SSSR count). The van der Waals surface area contributed by atoms with Crippen molar-refractivity contribution in [3.8, 4) is 11.4 Å². The van der Waals surface area contributed by atoms with Crippen LogP contribution < -0.4 is 4.57 Å². The molecule has 0 aliphatic carbocycles. The fraction of sp³-hybridized carbons (Fsp3) is 0. The monoisotopic (exact) mass is 326 g/mol. The molecule has 0 bridgehead atoms. The van der Waals surface area contributed by atoms with Gasteiger partial charge in [-0.2, -0.15) is 0 Å². The van der Waals surface area contributed by atoms with Gasteiger partial charge in [-0.3, -0.25) is 0 Å². The fourth-order valence-corrected chi connectivity index (χ4v) is 1.87. The first-order valence-electron chi connectivity index (χ1n) is 6.61. The van der Waals surface area contributed by atoms with Gasteiger partial charge in [-0.05, 0) is 36.4 Å². The standard InChI is InChI=1S/C15H12FN2.BF4/c16-13-6-8-15(9-7-13)18-11-10-17(12-18)14-4-2-1-3-5-14;2-1(3,4)5/h1-12H;/q+1;-1. The lowest BCUT2D eigenvalue weighted by molar-refractivity contribution is -0.594. The van der Waals surface area contributed by atoms with Gasteiger partial charge in [0.2, 0.25) is 0 Å². The van der Waals surface area contributed by atoms with E-state index < -0.39 is 7.25 Å². The molecule has 0 spiro atoms. The lowest BCUT2D eigenvalue weighted by atomic mass is 10.3. The number of hydrogen-bond acceptors (Lipinski definition) is 0. The summed E-state index contributed by atoms with van der Waals surface area (Å²) in [5, 5.41) is 0. The Bertz CT molecular complexity index is 733. The Labute approximate surface area is 129 Å². The second-order valence-corrected chi connectivity index (χ2v) is 4.53. The van der Waals surface area contributed by atoms with Crippen molar-refractivity contribution in [2.24, 2.45) is 0 Å². The zero-order chi connectivity index (χ0) is 16.9. The Balaban J connectivity index is 0.000000338. The minimum atomic E-state index is -6.00. The molecule has 0 saturated carbocycles. The van der Waals surface area contributed by atoms with E-state index in [2.05, 4.69) is 0 Å². The number of halogens is 5. The number of benzene rings is 2. The van der Waals surface area contributed by atoms with Gasteiger partial charge < -0.3 is 17.3 Å². The summed E-state index contributed by atoms with van der Waals surface area (Å²) in [5.74, 6) is -0.221. The number of aromatic nitrogens is 2. The Morgan fingerprint density at radius 3 is 1.96 bits per heavy atom. The number of hydrogen-bond donors (Lipinski definition) is 0. The average Bonchev–Trinajstić information content (AvgIpc) is 2.97. The predicted molar refractivity (Wildman–Crippen MR) is 77.4 cm³/mol. The van der Waals surface area contributed by atoms with E-state index >= 15 is 0 Å². The van der Waals surface area contributed by atoms with E-state index in [1.165, 1.54) is 12.1 Å². The summed E-state index contributed by atoms with van der Waals surface area (Å²) in [6, 6.07) is 16.5. The first-order chi connectivity index (χ1) is 10.8. The zero-order valence-electron chi connectivity index (χ0n) is 11.8. The molecule has 8 heteroatoms. The quantitative estimate of drug-likeness (QED) is 0.379. The fourth-order valence-electron chi connectivity index (χ4n) is 1.87. The second-order valence-electron chi connectivity index (χ2n) is 4.53. The normalized spacial score (nSPS) is 10.8. The molecule has 1 heterocycles. The minimum absolute atomic E-state index is 0.221. The van der Waals surface area contributed by atoms with Crippen molar-refractivity contribution < 1.29 is 26.2 Å². The molecule has 0 amide bonds. The van der Waals surface area contributed by atoms with Gasteiger partial charge in [-0.15, -0.1) is 0 Å². The zero-order valence-corrected chi connectivity index (χ0v) is 11.8. The second kappa shape index (κ2) is 7.08. The van der Waals surface area contributed by atoms with E-state index in [0.29, 0.717) is 0 Å². The summed E-state index contributed by atoms with van der Waals surface area (Å²) in [4.78, 5) is 0. The van der Waals surface area contributed by atoms with Gasteiger partial charge in [0.1, 0.15) is 29.6 Å². The van der Waals surface area contributed by atoms with Crippen LogP contribution in [-0.2, 0) is 0 Å². The van der Waals surface area contributed by atoms with Crippen molar-refractivity contribution >= 4 is 7.25 Å². The summed E-state index contributed by atoms with van der Waals surface area (Å²) < 4.78 is 55.8. The van der Waals surface area contributed by atoms with Gasteiger partial charge in [-0.25, -0.2) is 13.5 Å². The van der Waals surface area contributed by atoms with Crippen molar-refractivity contribution in [3.63, 3.8) is 0 Å². The molecular formula is C15H12BF5N2. The maximum absolute atomic E-state index is 12.9. The van der Waals surface area contributed by atoms with Crippen LogP contribution in [0.25, 0.3) is 11.4 Å². The molecule has 3 aromatic rings. The van der Waals surface area contributed by atoms with Crippen LogP contribution in [0.3, 0.4) is 0 Å². The number of rotatable bonds is 2. The Morgan fingerprint density at radius 1 is 0.826 bits per heavy atom. The summed E-state index contributed by atoms with van der Waals surface area (Å²) in [6.07, 6.45) is 5.88. The van der Waals surface area contributed by atoms with Crippen molar-refractivity contribution in [1.82, 2.24) is 4.57 Å². The molecule has 0 aliphatic rings. The third kappa shape index (κ3) is 5.57. The minimum Gasteiger partial charge on any atom is -0.418 e. The van der Waals surface area contributed by atoms with Crippen molar-refractivity contribution in [2.45, 2.75) is 0 Å². The molecular weight excluding hydrogens is 314 g/mol. The summed E-state index contributed by atoms with van der Waals surface area (Å²) in [6.45, 7) is 0. The highest BCUT2D eigenvalue weighted by atomic mass is 19.5. The summed E-state index contributed by atoms with van der Waals surface area (Å²) >= 11 is 0. The van der Waals surface area contributed by atoms with Crippen LogP contribution >= 0.6 is 0 Å². The van der Waals surface area contributed by atoms with Crippen LogP contribution in [0.4, 0.5) is 21.7 Å². The third-order valence-electron chi connectivity index (χ3n) is 2.82. The van der Waals surface area contributed by atoms with Crippen LogP contribution in [0.2, 0.25) is 0 Å². The SMILES string of the molecule is F[B-](F)(F)F.Fc1ccc(-[n+]2ccn(-c3ccccc3)c2)cc1. The predicted octanol–water partition coefficient (Wildman–Crippen LogP) is 4.19. The van der Waals surface area contributed by atoms with Crippen LogP contribution in [0.1, 0.15) is 0 Å². The lowest BCUT2D eigenvalue weighted by Gasteiger charge is -1.95. The maximum Gasteiger partial charge on any atom is 0.673 e. The molecule has 1 aromatic heterocycles. The van der Waals surface area contributed by atoms with Gasteiger partial charge >= 0.3 is 7.25 Å².